The van der Waals surface area contributed by atoms with Crippen LogP contribution in [0.4, 0.5) is 13.2 Å². The number of carbonyl (C=O) groups is 1. The van der Waals surface area contributed by atoms with E-state index < -0.39 is 31.7 Å². The smallest absolute Gasteiger partial charge is 0.378 e. The Hall–Kier alpha value is -1.36. The molecule has 1 amide bonds. The van der Waals surface area contributed by atoms with Crippen LogP contribution in [0, 0.1) is 0 Å². The summed E-state index contributed by atoms with van der Waals surface area (Å²) in [6, 6.07) is 2.24. The highest BCUT2D eigenvalue weighted by Gasteiger charge is 2.34. The Morgan fingerprint density at radius 2 is 2.10 bits per heavy atom. The number of hydrogen-bond donors (Lipinski definition) is 2. The van der Waals surface area contributed by atoms with Gasteiger partial charge in [0.15, 0.2) is 0 Å². The van der Waals surface area contributed by atoms with Gasteiger partial charge in [0.25, 0.3) is 0 Å². The van der Waals surface area contributed by atoms with Crippen molar-refractivity contribution in [3.05, 3.63) is 28.8 Å². The molecule has 1 saturated heterocycles. The quantitative estimate of drug-likeness (QED) is 0.595. The van der Waals surface area contributed by atoms with Crippen LogP contribution < -0.4 is 10.0 Å². The number of halogens is 4. The zero-order valence-electron chi connectivity index (χ0n) is 15.9. The molecule has 0 bridgehead atoms. The van der Waals surface area contributed by atoms with E-state index in [4.69, 9.17) is 16.3 Å². The van der Waals surface area contributed by atoms with Crippen LogP contribution in [0.2, 0.25) is 5.02 Å². The maximum absolute atomic E-state index is 12.9. The molecular weight excluding hydrogens is 433 g/mol. The van der Waals surface area contributed by atoms with Crippen molar-refractivity contribution >= 4 is 27.5 Å². The Bertz CT molecular complexity index is 812. The third kappa shape index (κ3) is 7.44. The summed E-state index contributed by atoms with van der Waals surface area (Å²) in [6.45, 7) is 2.38. The third-order valence-corrected chi connectivity index (χ3v) is 6.34. The number of benzene rings is 1. The van der Waals surface area contributed by atoms with E-state index in [-0.39, 0.29) is 31.0 Å². The molecule has 29 heavy (non-hydrogen) atoms. The maximum Gasteiger partial charge on any atom is 0.417 e. The van der Waals surface area contributed by atoms with Crippen LogP contribution in [0.25, 0.3) is 0 Å². The molecule has 1 aliphatic rings. The first-order chi connectivity index (χ1) is 13.5. The van der Waals surface area contributed by atoms with Gasteiger partial charge < -0.3 is 10.1 Å². The SMILES string of the molecule is CC(CCC1CCCO1)NC(=O)CCNS(=O)(=O)c1ccc(Cl)c(C(F)(F)F)c1. The molecular formula is C18H24ClF3N2O4S. The summed E-state index contributed by atoms with van der Waals surface area (Å²) in [7, 11) is -4.21. The van der Waals surface area contributed by atoms with Crippen LogP contribution in [0.15, 0.2) is 23.1 Å². The second kappa shape index (κ2) is 10.1. The van der Waals surface area contributed by atoms with E-state index >= 15 is 0 Å². The molecule has 1 fully saturated rings. The van der Waals surface area contributed by atoms with Crippen LogP contribution in [-0.2, 0) is 25.7 Å². The lowest BCUT2D eigenvalue weighted by Crippen LogP contribution is -2.36. The van der Waals surface area contributed by atoms with Crippen molar-refractivity contribution in [2.75, 3.05) is 13.2 Å². The number of carbonyl (C=O) groups excluding carboxylic acids is 1. The van der Waals surface area contributed by atoms with E-state index in [1.54, 1.807) is 0 Å². The van der Waals surface area contributed by atoms with Crippen LogP contribution in [0.5, 0.6) is 0 Å². The van der Waals surface area contributed by atoms with Crippen molar-refractivity contribution < 1.29 is 31.1 Å². The van der Waals surface area contributed by atoms with E-state index in [0.29, 0.717) is 6.07 Å². The molecule has 1 aliphatic heterocycles. The minimum Gasteiger partial charge on any atom is -0.378 e. The van der Waals surface area contributed by atoms with Gasteiger partial charge in [0.2, 0.25) is 15.9 Å². The number of nitrogens with one attached hydrogen (secondary N) is 2. The largest absolute Gasteiger partial charge is 0.417 e. The molecule has 0 aliphatic carbocycles. The Balaban J connectivity index is 1.81. The Kier molecular flexibility index (Phi) is 8.33. The van der Waals surface area contributed by atoms with Gasteiger partial charge in [-0.2, -0.15) is 13.2 Å². The van der Waals surface area contributed by atoms with Gasteiger partial charge in [-0.05, 0) is 50.8 Å². The lowest BCUT2D eigenvalue weighted by molar-refractivity contribution is -0.137. The lowest BCUT2D eigenvalue weighted by Gasteiger charge is -2.16. The van der Waals surface area contributed by atoms with Crippen molar-refractivity contribution in [3.8, 4) is 0 Å². The molecule has 1 heterocycles. The molecule has 2 atom stereocenters. The molecule has 0 radical (unpaired) electrons. The fourth-order valence-electron chi connectivity index (χ4n) is 3.00. The summed E-state index contributed by atoms with van der Waals surface area (Å²) in [4.78, 5) is 11.4. The van der Waals surface area contributed by atoms with Gasteiger partial charge in [-0.1, -0.05) is 11.6 Å². The average molecular weight is 457 g/mol. The fourth-order valence-corrected chi connectivity index (χ4v) is 4.28. The zero-order valence-corrected chi connectivity index (χ0v) is 17.5. The zero-order chi connectivity index (χ0) is 21.7. The van der Waals surface area contributed by atoms with E-state index in [1.165, 1.54) is 0 Å². The minimum absolute atomic E-state index is 0.0890. The molecule has 0 aromatic heterocycles. The van der Waals surface area contributed by atoms with Gasteiger partial charge in [0.1, 0.15) is 0 Å². The summed E-state index contributed by atoms with van der Waals surface area (Å²) >= 11 is 5.50. The summed E-state index contributed by atoms with van der Waals surface area (Å²) in [6.07, 6.45) is -1.04. The standard InChI is InChI=1S/C18H24ClF3N2O4S/c1-12(4-5-13-3-2-10-28-13)24-17(25)8-9-23-29(26,27)14-6-7-16(19)15(11-14)18(20,21)22/h6-7,11-13,23H,2-5,8-10H2,1H3,(H,24,25). The number of alkyl halides is 3. The van der Waals surface area contributed by atoms with Crippen molar-refractivity contribution in [3.63, 3.8) is 0 Å². The summed E-state index contributed by atoms with van der Waals surface area (Å²) < 4.78 is 70.8. The van der Waals surface area contributed by atoms with E-state index in [9.17, 15) is 26.4 Å². The van der Waals surface area contributed by atoms with Crippen LogP contribution in [-0.4, -0.2) is 39.6 Å². The van der Waals surface area contributed by atoms with Gasteiger partial charge in [-0.3, -0.25) is 4.79 Å². The predicted molar refractivity (Wildman–Crippen MR) is 102 cm³/mol. The highest BCUT2D eigenvalue weighted by atomic mass is 35.5. The topological polar surface area (TPSA) is 84.5 Å². The first-order valence-electron chi connectivity index (χ1n) is 9.26. The highest BCUT2D eigenvalue weighted by Crippen LogP contribution is 2.35. The van der Waals surface area contributed by atoms with Gasteiger partial charge in [0.05, 0.1) is 21.6 Å². The Morgan fingerprint density at radius 1 is 1.38 bits per heavy atom. The Morgan fingerprint density at radius 3 is 2.72 bits per heavy atom. The van der Waals surface area contributed by atoms with Crippen LogP contribution in [0.3, 0.4) is 0 Å². The molecule has 0 saturated carbocycles. The molecule has 2 unspecified atom stereocenters. The van der Waals surface area contributed by atoms with Gasteiger partial charge in [-0.15, -0.1) is 0 Å². The summed E-state index contributed by atoms with van der Waals surface area (Å²) in [5, 5.41) is 2.18. The second-order valence-corrected chi connectivity index (χ2v) is 9.14. The van der Waals surface area contributed by atoms with Crippen molar-refractivity contribution in [2.45, 2.75) is 62.2 Å². The van der Waals surface area contributed by atoms with Crippen LogP contribution >= 0.6 is 11.6 Å². The van der Waals surface area contributed by atoms with Crippen molar-refractivity contribution in [2.24, 2.45) is 0 Å². The van der Waals surface area contributed by atoms with Gasteiger partial charge in [-0.25, -0.2) is 13.1 Å². The highest BCUT2D eigenvalue weighted by molar-refractivity contribution is 7.89. The minimum atomic E-state index is -4.78. The summed E-state index contributed by atoms with van der Waals surface area (Å²) in [5.41, 5.74) is -1.24. The predicted octanol–water partition coefficient (Wildman–Crippen LogP) is 3.49. The molecule has 0 spiro atoms. The number of ether oxygens (including phenoxy) is 1. The maximum atomic E-state index is 12.9. The van der Waals surface area contributed by atoms with Crippen LogP contribution in [0.1, 0.15) is 44.6 Å². The Labute approximate surface area is 173 Å². The molecule has 6 nitrogen and oxygen atoms in total. The number of rotatable bonds is 9. The summed E-state index contributed by atoms with van der Waals surface area (Å²) in [5.74, 6) is -0.348. The first-order valence-corrected chi connectivity index (χ1v) is 11.1. The van der Waals surface area contributed by atoms with Gasteiger partial charge >= 0.3 is 6.18 Å². The molecule has 164 valence electrons. The fraction of sp³-hybridized carbons (Fsp3) is 0.611. The normalized spacial score (nSPS) is 18.6. The second-order valence-electron chi connectivity index (χ2n) is 6.97. The van der Waals surface area contributed by atoms with E-state index in [2.05, 4.69) is 10.0 Å². The monoisotopic (exact) mass is 456 g/mol. The van der Waals surface area contributed by atoms with Crippen molar-refractivity contribution in [1.82, 2.24) is 10.0 Å². The first kappa shape index (κ1) is 23.9. The number of amides is 1. The number of hydrogen-bond acceptors (Lipinski definition) is 4. The molecule has 1 aromatic rings. The van der Waals surface area contributed by atoms with Gasteiger partial charge in [0, 0.05) is 25.6 Å². The number of sulfonamides is 1. The average Bonchev–Trinajstić information content (AvgIpc) is 3.12. The van der Waals surface area contributed by atoms with E-state index in [1.807, 2.05) is 6.92 Å². The van der Waals surface area contributed by atoms with Crippen molar-refractivity contribution in [1.29, 1.82) is 0 Å². The lowest BCUT2D eigenvalue weighted by atomic mass is 10.1. The molecule has 2 N–H and O–H groups in total. The van der Waals surface area contributed by atoms with E-state index in [0.717, 1.165) is 44.4 Å². The molecule has 1 aromatic carbocycles. The third-order valence-electron chi connectivity index (χ3n) is 4.55. The molecule has 2 rings (SSSR count). The molecule has 11 heteroatoms.